The van der Waals surface area contributed by atoms with Crippen LogP contribution >= 0.6 is 0 Å². The largest absolute Gasteiger partial charge is 0.311 e. The molecule has 3 nitrogen and oxygen atoms in total. The van der Waals surface area contributed by atoms with Gasteiger partial charge in [0.2, 0.25) is 0 Å². The second kappa shape index (κ2) is 17.0. The summed E-state index contributed by atoms with van der Waals surface area (Å²) in [4.78, 5) is 6.93. The SMILES string of the molecule is c1ccc(N(c2ccccc2)c2ccc(-c3ccc(-c4ccc(N(c5ccccc5)c5ccc6cc(N(c7ccccc7)c7ccccc7)ccc6c5)cc4)cc3)cc2)cc1. The number of nitrogens with zero attached hydrogens (tertiary/aromatic N) is 3. The normalized spacial score (nSPS) is 11.0. The first-order valence-electron chi connectivity index (χ1n) is 20.8. The highest BCUT2D eigenvalue weighted by Gasteiger charge is 2.17. The molecule has 0 unspecified atom stereocenters. The van der Waals surface area contributed by atoms with Crippen molar-refractivity contribution in [3.8, 4) is 22.3 Å². The molecule has 0 aliphatic carbocycles. The van der Waals surface area contributed by atoms with Crippen molar-refractivity contribution in [3.05, 3.63) is 261 Å². The van der Waals surface area contributed by atoms with E-state index >= 15 is 0 Å². The minimum Gasteiger partial charge on any atom is -0.311 e. The Morgan fingerprint density at radius 1 is 0.164 bits per heavy atom. The van der Waals surface area contributed by atoms with Crippen molar-refractivity contribution in [2.24, 2.45) is 0 Å². The molecule has 0 heterocycles. The minimum atomic E-state index is 1.10. The van der Waals surface area contributed by atoms with Gasteiger partial charge in [-0.1, -0.05) is 152 Å². The molecule has 10 aromatic rings. The van der Waals surface area contributed by atoms with Gasteiger partial charge in [0, 0.05) is 51.2 Å². The van der Waals surface area contributed by atoms with E-state index < -0.39 is 0 Å². The van der Waals surface area contributed by atoms with Crippen molar-refractivity contribution in [1.29, 1.82) is 0 Å². The maximum absolute atomic E-state index is 2.33. The molecule has 3 heteroatoms. The average Bonchev–Trinajstić information content (AvgIpc) is 3.34. The first-order valence-corrected chi connectivity index (χ1v) is 20.8. The molecule has 0 aliphatic rings. The van der Waals surface area contributed by atoms with Gasteiger partial charge in [-0.05, 0) is 142 Å². The van der Waals surface area contributed by atoms with Crippen molar-refractivity contribution >= 4 is 62.0 Å². The second-order valence-electron chi connectivity index (χ2n) is 15.1. The Bertz CT molecular complexity index is 2890. The smallest absolute Gasteiger partial charge is 0.0468 e. The Kier molecular flexibility index (Phi) is 10.3. The molecule has 290 valence electrons. The van der Waals surface area contributed by atoms with Crippen molar-refractivity contribution in [1.82, 2.24) is 0 Å². The van der Waals surface area contributed by atoms with Gasteiger partial charge in [0.15, 0.2) is 0 Å². The van der Waals surface area contributed by atoms with Crippen LogP contribution in [0.3, 0.4) is 0 Å². The van der Waals surface area contributed by atoms with Crippen LogP contribution in [-0.4, -0.2) is 0 Å². The number of hydrogen-bond donors (Lipinski definition) is 0. The summed E-state index contributed by atoms with van der Waals surface area (Å²) in [5.74, 6) is 0. The summed E-state index contributed by atoms with van der Waals surface area (Å²) in [7, 11) is 0. The first-order chi connectivity index (χ1) is 30.2. The van der Waals surface area contributed by atoms with Crippen LogP contribution in [0.2, 0.25) is 0 Å². The van der Waals surface area contributed by atoms with Gasteiger partial charge in [-0.25, -0.2) is 0 Å². The van der Waals surface area contributed by atoms with E-state index in [2.05, 4.69) is 276 Å². The predicted molar refractivity (Wildman–Crippen MR) is 259 cm³/mol. The van der Waals surface area contributed by atoms with E-state index in [1.807, 2.05) is 0 Å². The lowest BCUT2D eigenvalue weighted by atomic mass is 9.99. The molecule has 0 amide bonds. The molecule has 0 saturated carbocycles. The highest BCUT2D eigenvalue weighted by atomic mass is 15.2. The van der Waals surface area contributed by atoms with Crippen molar-refractivity contribution in [2.45, 2.75) is 0 Å². The van der Waals surface area contributed by atoms with Gasteiger partial charge in [-0.15, -0.1) is 0 Å². The fourth-order valence-electron chi connectivity index (χ4n) is 8.19. The Balaban J connectivity index is 0.909. The van der Waals surface area contributed by atoms with Crippen LogP contribution < -0.4 is 14.7 Å². The molecule has 0 saturated heterocycles. The maximum atomic E-state index is 2.33. The summed E-state index contributed by atoms with van der Waals surface area (Å²) in [6, 6.07) is 92.9. The molecule has 0 radical (unpaired) electrons. The molecule has 0 N–H and O–H groups in total. The number of benzene rings is 10. The highest BCUT2D eigenvalue weighted by molar-refractivity contribution is 5.93. The van der Waals surface area contributed by atoms with E-state index in [-0.39, 0.29) is 0 Å². The zero-order valence-corrected chi connectivity index (χ0v) is 33.7. The molecular formula is C58H43N3. The lowest BCUT2D eigenvalue weighted by molar-refractivity contribution is 1.28. The minimum absolute atomic E-state index is 1.10. The monoisotopic (exact) mass is 781 g/mol. The second-order valence-corrected chi connectivity index (χ2v) is 15.1. The molecule has 0 spiro atoms. The molecule has 10 rings (SSSR count). The van der Waals surface area contributed by atoms with Crippen LogP contribution in [0.4, 0.5) is 51.2 Å². The lowest BCUT2D eigenvalue weighted by Gasteiger charge is -2.27. The topological polar surface area (TPSA) is 9.72 Å². The fourth-order valence-corrected chi connectivity index (χ4v) is 8.19. The van der Waals surface area contributed by atoms with Gasteiger partial charge in [0.05, 0.1) is 0 Å². The number of hydrogen-bond acceptors (Lipinski definition) is 3. The number of rotatable bonds is 11. The Labute approximate surface area is 358 Å². The zero-order chi connectivity index (χ0) is 40.8. The van der Waals surface area contributed by atoms with Crippen LogP contribution in [0.5, 0.6) is 0 Å². The van der Waals surface area contributed by atoms with E-state index in [9.17, 15) is 0 Å². The summed E-state index contributed by atoms with van der Waals surface area (Å²) >= 11 is 0. The number of fused-ring (bicyclic) bond motifs is 1. The molecule has 0 aromatic heterocycles. The van der Waals surface area contributed by atoms with Crippen LogP contribution in [0.15, 0.2) is 261 Å². The Hall–Kier alpha value is -8.14. The molecule has 10 aromatic carbocycles. The van der Waals surface area contributed by atoms with E-state index in [4.69, 9.17) is 0 Å². The van der Waals surface area contributed by atoms with Gasteiger partial charge in [0.25, 0.3) is 0 Å². The molecule has 0 bridgehead atoms. The summed E-state index contributed by atoms with van der Waals surface area (Å²) in [6.45, 7) is 0. The molecule has 61 heavy (non-hydrogen) atoms. The van der Waals surface area contributed by atoms with Gasteiger partial charge in [-0.2, -0.15) is 0 Å². The van der Waals surface area contributed by atoms with Crippen LogP contribution in [0.25, 0.3) is 33.0 Å². The van der Waals surface area contributed by atoms with Crippen molar-refractivity contribution < 1.29 is 0 Å². The standard InChI is InChI=1S/C58H43N3/c1-6-16-50(17-7-1)59(51-18-8-2-9-19-51)55-36-30-46(31-37-55)44-26-28-45(29-27-44)47-32-38-56(39-33-47)61(54-24-14-5-15-25-54)58-41-35-48-42-57(40-34-49(48)43-58)60(52-20-10-3-11-21-52)53-22-12-4-13-23-53/h1-43H. The van der Waals surface area contributed by atoms with E-state index in [0.29, 0.717) is 0 Å². The molecule has 0 aliphatic heterocycles. The summed E-state index contributed by atoms with van der Waals surface area (Å²) < 4.78 is 0. The fraction of sp³-hybridized carbons (Fsp3) is 0. The third-order valence-electron chi connectivity index (χ3n) is 11.2. The van der Waals surface area contributed by atoms with E-state index in [1.54, 1.807) is 0 Å². The summed E-state index contributed by atoms with van der Waals surface area (Å²) in [5.41, 5.74) is 14.8. The average molecular weight is 782 g/mol. The lowest BCUT2D eigenvalue weighted by Crippen LogP contribution is -2.10. The molecule has 0 fully saturated rings. The predicted octanol–water partition coefficient (Wildman–Crippen LogP) is 16.6. The molecule has 0 atom stereocenters. The quantitative estimate of drug-likeness (QED) is 0.129. The van der Waals surface area contributed by atoms with E-state index in [1.165, 1.54) is 33.0 Å². The van der Waals surface area contributed by atoms with Gasteiger partial charge >= 0.3 is 0 Å². The van der Waals surface area contributed by atoms with Crippen molar-refractivity contribution in [3.63, 3.8) is 0 Å². The Morgan fingerprint density at radius 3 is 0.623 bits per heavy atom. The van der Waals surface area contributed by atoms with E-state index in [0.717, 1.165) is 51.2 Å². The number of para-hydroxylation sites is 5. The van der Waals surface area contributed by atoms with Crippen LogP contribution in [0, 0.1) is 0 Å². The third kappa shape index (κ3) is 7.89. The summed E-state index contributed by atoms with van der Waals surface area (Å²) in [5, 5.41) is 2.36. The molecular weight excluding hydrogens is 739 g/mol. The van der Waals surface area contributed by atoms with Gasteiger partial charge in [-0.3, -0.25) is 0 Å². The third-order valence-corrected chi connectivity index (χ3v) is 11.2. The highest BCUT2D eigenvalue weighted by Crippen LogP contribution is 2.40. The Morgan fingerprint density at radius 2 is 0.361 bits per heavy atom. The van der Waals surface area contributed by atoms with Gasteiger partial charge in [0.1, 0.15) is 0 Å². The number of anilines is 9. The first kappa shape index (κ1) is 37.2. The van der Waals surface area contributed by atoms with Crippen molar-refractivity contribution in [2.75, 3.05) is 14.7 Å². The van der Waals surface area contributed by atoms with Gasteiger partial charge < -0.3 is 14.7 Å². The zero-order valence-electron chi connectivity index (χ0n) is 33.7. The maximum Gasteiger partial charge on any atom is 0.0468 e. The van der Waals surface area contributed by atoms with Crippen LogP contribution in [-0.2, 0) is 0 Å². The summed E-state index contributed by atoms with van der Waals surface area (Å²) in [6.07, 6.45) is 0. The van der Waals surface area contributed by atoms with Crippen LogP contribution in [0.1, 0.15) is 0 Å².